The molecule has 1 saturated heterocycles. The number of nitrogens with one attached hydrogen (secondary N) is 2. The van der Waals surface area contributed by atoms with Crippen LogP contribution in [0.4, 0.5) is 5.69 Å². The summed E-state index contributed by atoms with van der Waals surface area (Å²) in [6, 6.07) is 2.31. The molecule has 0 bridgehead atoms. The van der Waals surface area contributed by atoms with Crippen molar-refractivity contribution < 1.29 is 0 Å². The second-order valence-electron chi connectivity index (χ2n) is 5.03. The number of piperidine rings is 1. The number of nitrogens with two attached hydrogens (primary N) is 1. The minimum Gasteiger partial charge on any atom is -0.397 e. The minimum absolute atomic E-state index is 0.469. The predicted octanol–water partition coefficient (Wildman–Crippen LogP) is 1.45. The molecule has 6 nitrogen and oxygen atoms in total. The van der Waals surface area contributed by atoms with Gasteiger partial charge in [-0.1, -0.05) is 0 Å². The van der Waals surface area contributed by atoms with E-state index in [2.05, 4.69) is 21.6 Å². The SMILES string of the molecule is N=Cc1ncc(-c2cnn(C3CCNCC3)c2)cc1N. The average Bonchev–Trinajstić information content (AvgIpc) is 2.98. The molecule has 1 fully saturated rings. The van der Waals surface area contributed by atoms with E-state index in [1.54, 1.807) is 6.20 Å². The summed E-state index contributed by atoms with van der Waals surface area (Å²) >= 11 is 0. The Hall–Kier alpha value is -2.21. The lowest BCUT2D eigenvalue weighted by Crippen LogP contribution is -2.29. The van der Waals surface area contributed by atoms with Crippen LogP contribution in [-0.2, 0) is 0 Å². The molecule has 0 aromatic carbocycles. The van der Waals surface area contributed by atoms with Crippen molar-refractivity contribution in [1.29, 1.82) is 5.41 Å². The molecule has 1 aliphatic rings. The van der Waals surface area contributed by atoms with Gasteiger partial charge in [-0.3, -0.25) is 9.67 Å². The fourth-order valence-electron chi connectivity index (χ4n) is 2.53. The van der Waals surface area contributed by atoms with Crippen LogP contribution in [0.2, 0.25) is 0 Å². The molecule has 3 heterocycles. The van der Waals surface area contributed by atoms with Crippen molar-refractivity contribution in [2.45, 2.75) is 18.9 Å². The number of nitrogen functional groups attached to an aromatic ring is 1. The van der Waals surface area contributed by atoms with Crippen molar-refractivity contribution in [2.75, 3.05) is 18.8 Å². The number of aromatic nitrogens is 3. The lowest BCUT2D eigenvalue weighted by molar-refractivity contribution is 0.343. The molecule has 6 heteroatoms. The van der Waals surface area contributed by atoms with E-state index < -0.39 is 0 Å². The number of hydrogen-bond acceptors (Lipinski definition) is 5. The van der Waals surface area contributed by atoms with E-state index in [0.717, 1.165) is 43.3 Å². The molecule has 0 aliphatic carbocycles. The van der Waals surface area contributed by atoms with Gasteiger partial charge in [-0.05, 0) is 32.0 Å². The van der Waals surface area contributed by atoms with E-state index in [1.807, 2.05) is 16.9 Å². The quantitative estimate of drug-likeness (QED) is 0.736. The third kappa shape index (κ3) is 2.42. The molecule has 2 aromatic rings. The number of rotatable bonds is 3. The molecule has 2 aromatic heterocycles. The highest BCUT2D eigenvalue weighted by molar-refractivity contribution is 5.83. The third-order valence-corrected chi connectivity index (χ3v) is 3.70. The van der Waals surface area contributed by atoms with Gasteiger partial charge in [0.25, 0.3) is 0 Å². The Morgan fingerprint density at radius 2 is 2.10 bits per heavy atom. The monoisotopic (exact) mass is 270 g/mol. The maximum Gasteiger partial charge on any atom is 0.103 e. The summed E-state index contributed by atoms with van der Waals surface area (Å²) in [6.45, 7) is 2.09. The molecular weight excluding hydrogens is 252 g/mol. The highest BCUT2D eigenvalue weighted by atomic mass is 15.3. The fraction of sp³-hybridized carbons (Fsp3) is 0.357. The Morgan fingerprint density at radius 1 is 1.30 bits per heavy atom. The van der Waals surface area contributed by atoms with Crippen molar-refractivity contribution >= 4 is 11.9 Å². The maximum atomic E-state index is 7.21. The van der Waals surface area contributed by atoms with E-state index in [0.29, 0.717) is 17.4 Å². The molecule has 0 amide bonds. The van der Waals surface area contributed by atoms with Crippen LogP contribution in [0.25, 0.3) is 11.1 Å². The van der Waals surface area contributed by atoms with E-state index in [1.165, 1.54) is 0 Å². The zero-order chi connectivity index (χ0) is 13.9. The van der Waals surface area contributed by atoms with Crippen LogP contribution in [-0.4, -0.2) is 34.1 Å². The van der Waals surface area contributed by atoms with Crippen LogP contribution in [0.5, 0.6) is 0 Å². The molecule has 0 atom stereocenters. The number of hydrogen-bond donors (Lipinski definition) is 3. The van der Waals surface area contributed by atoms with E-state index in [9.17, 15) is 0 Å². The van der Waals surface area contributed by atoms with Crippen LogP contribution in [0.3, 0.4) is 0 Å². The first-order chi connectivity index (χ1) is 9.78. The topological polar surface area (TPSA) is 92.6 Å². The van der Waals surface area contributed by atoms with Crippen molar-refractivity contribution in [2.24, 2.45) is 0 Å². The fourth-order valence-corrected chi connectivity index (χ4v) is 2.53. The Labute approximate surface area is 117 Å². The standard InChI is InChI=1S/C14H18N6/c15-6-14-13(16)5-10(7-18-14)11-8-19-20(9-11)12-1-3-17-4-2-12/h5-9,12,15,17H,1-4,16H2. The van der Waals surface area contributed by atoms with E-state index in [-0.39, 0.29) is 0 Å². The second kappa shape index (κ2) is 5.42. The van der Waals surface area contributed by atoms with Crippen LogP contribution in [0, 0.1) is 5.41 Å². The van der Waals surface area contributed by atoms with Crippen LogP contribution < -0.4 is 11.1 Å². The minimum atomic E-state index is 0.469. The van der Waals surface area contributed by atoms with Gasteiger partial charge in [-0.25, -0.2) is 0 Å². The van der Waals surface area contributed by atoms with Crippen LogP contribution >= 0.6 is 0 Å². The van der Waals surface area contributed by atoms with Crippen molar-refractivity contribution in [3.63, 3.8) is 0 Å². The number of nitrogens with zero attached hydrogens (tertiary/aromatic N) is 3. The largest absolute Gasteiger partial charge is 0.397 e. The Morgan fingerprint density at radius 3 is 2.80 bits per heavy atom. The summed E-state index contributed by atoms with van der Waals surface area (Å²) in [6.07, 6.45) is 9.01. The van der Waals surface area contributed by atoms with Gasteiger partial charge in [-0.15, -0.1) is 0 Å². The molecule has 0 unspecified atom stereocenters. The zero-order valence-corrected chi connectivity index (χ0v) is 11.2. The zero-order valence-electron chi connectivity index (χ0n) is 11.2. The van der Waals surface area contributed by atoms with Gasteiger partial charge < -0.3 is 16.5 Å². The Balaban J connectivity index is 1.85. The van der Waals surface area contributed by atoms with Crippen LogP contribution in [0.15, 0.2) is 24.7 Å². The van der Waals surface area contributed by atoms with Gasteiger partial charge in [0, 0.05) is 29.7 Å². The summed E-state index contributed by atoms with van der Waals surface area (Å²) in [5, 5.41) is 15.0. The molecule has 20 heavy (non-hydrogen) atoms. The Kier molecular flexibility index (Phi) is 3.47. The highest BCUT2D eigenvalue weighted by Gasteiger charge is 2.16. The number of anilines is 1. The van der Waals surface area contributed by atoms with Gasteiger partial charge >= 0.3 is 0 Å². The van der Waals surface area contributed by atoms with Crippen molar-refractivity contribution in [3.05, 3.63) is 30.4 Å². The smallest absolute Gasteiger partial charge is 0.103 e. The lowest BCUT2D eigenvalue weighted by atomic mass is 10.1. The summed E-state index contributed by atoms with van der Waals surface area (Å²) in [5.74, 6) is 0. The van der Waals surface area contributed by atoms with Crippen molar-refractivity contribution in [1.82, 2.24) is 20.1 Å². The molecule has 4 N–H and O–H groups in total. The Bertz CT molecular complexity index is 612. The molecule has 1 aliphatic heterocycles. The molecule has 0 spiro atoms. The van der Waals surface area contributed by atoms with Gasteiger partial charge in [0.2, 0.25) is 0 Å². The first-order valence-corrected chi connectivity index (χ1v) is 6.79. The molecule has 104 valence electrons. The van der Waals surface area contributed by atoms with E-state index >= 15 is 0 Å². The summed E-state index contributed by atoms with van der Waals surface area (Å²) in [5.41, 5.74) is 8.84. The summed E-state index contributed by atoms with van der Waals surface area (Å²) < 4.78 is 2.04. The van der Waals surface area contributed by atoms with Gasteiger partial charge in [0.15, 0.2) is 0 Å². The second-order valence-corrected chi connectivity index (χ2v) is 5.03. The predicted molar refractivity (Wildman–Crippen MR) is 78.9 cm³/mol. The van der Waals surface area contributed by atoms with Gasteiger partial charge in [-0.2, -0.15) is 5.10 Å². The van der Waals surface area contributed by atoms with Gasteiger partial charge in [0.05, 0.1) is 17.9 Å². The van der Waals surface area contributed by atoms with Crippen LogP contribution in [0.1, 0.15) is 24.6 Å². The molecular formula is C14H18N6. The average molecular weight is 270 g/mol. The first-order valence-electron chi connectivity index (χ1n) is 6.79. The number of pyridine rings is 1. The summed E-state index contributed by atoms with van der Waals surface area (Å²) in [4.78, 5) is 4.18. The first kappa shape index (κ1) is 12.8. The van der Waals surface area contributed by atoms with E-state index in [4.69, 9.17) is 11.1 Å². The maximum absolute atomic E-state index is 7.21. The molecule has 0 radical (unpaired) electrons. The van der Waals surface area contributed by atoms with Crippen molar-refractivity contribution in [3.8, 4) is 11.1 Å². The molecule has 0 saturated carbocycles. The lowest BCUT2D eigenvalue weighted by Gasteiger charge is -2.22. The summed E-state index contributed by atoms with van der Waals surface area (Å²) in [7, 11) is 0. The third-order valence-electron chi connectivity index (χ3n) is 3.70. The highest BCUT2D eigenvalue weighted by Crippen LogP contribution is 2.24. The van der Waals surface area contributed by atoms with Gasteiger partial charge in [0.1, 0.15) is 5.69 Å². The normalized spacial score (nSPS) is 16.2. The molecule has 3 rings (SSSR count).